The summed E-state index contributed by atoms with van der Waals surface area (Å²) in [6.07, 6.45) is 7.20. The number of ether oxygens (including phenoxy) is 1. The van der Waals surface area contributed by atoms with E-state index in [1.165, 1.54) is 23.8 Å². The van der Waals surface area contributed by atoms with E-state index in [1.54, 1.807) is 18.2 Å². The number of Topliss-reactive ketones (excluding diaryl/α,β-unsaturated/α-hetero) is 1. The quantitative estimate of drug-likeness (QED) is 0.518. The molecule has 30 heavy (non-hydrogen) atoms. The second-order valence-electron chi connectivity index (χ2n) is 8.05. The number of hydrogen-bond acceptors (Lipinski definition) is 5. The van der Waals surface area contributed by atoms with Gasteiger partial charge in [0.1, 0.15) is 34.7 Å². The molecule has 5 heteroatoms. The number of aromatic hydroxyl groups is 3. The minimum absolute atomic E-state index is 0.0678. The van der Waals surface area contributed by atoms with Crippen LogP contribution in [0.1, 0.15) is 67.6 Å². The highest BCUT2D eigenvalue weighted by atomic mass is 16.5. The summed E-state index contributed by atoms with van der Waals surface area (Å²) in [5.74, 6) is -0.111. The van der Waals surface area contributed by atoms with E-state index in [-0.39, 0.29) is 52.2 Å². The van der Waals surface area contributed by atoms with Gasteiger partial charge in [0.25, 0.3) is 0 Å². The van der Waals surface area contributed by atoms with Crippen LogP contribution < -0.4 is 4.74 Å². The standard InChI is InChI=1S/C25H28O5/c1-15(2)5-4-6-16(3)7-12-19-20(27)13-23-24(25(19)29)21(28)14-22(30-23)17-8-10-18(26)11-9-17/h5,7-13,16,22,26-27,29H,4,6,14H2,1-3H3. The number of phenolic OH excluding ortho intramolecular Hbond substituents is 3. The van der Waals surface area contributed by atoms with Gasteiger partial charge in [-0.3, -0.25) is 4.79 Å². The number of carbonyl (C=O) groups excluding carboxylic acids is 1. The molecule has 158 valence electrons. The number of allylic oxidation sites excluding steroid dienone is 3. The minimum atomic E-state index is -0.541. The molecular formula is C25H28O5. The molecule has 0 saturated heterocycles. The normalized spacial score (nSPS) is 16.8. The van der Waals surface area contributed by atoms with E-state index in [4.69, 9.17) is 4.74 Å². The van der Waals surface area contributed by atoms with Crippen LogP contribution >= 0.6 is 0 Å². The summed E-state index contributed by atoms with van der Waals surface area (Å²) >= 11 is 0. The highest BCUT2D eigenvalue weighted by Gasteiger charge is 2.32. The Labute approximate surface area is 177 Å². The third kappa shape index (κ3) is 4.85. The molecule has 3 N–H and O–H groups in total. The lowest BCUT2D eigenvalue weighted by Crippen LogP contribution is -2.20. The summed E-state index contributed by atoms with van der Waals surface area (Å²) in [5, 5.41) is 30.6. The van der Waals surface area contributed by atoms with Crippen molar-refractivity contribution in [2.24, 2.45) is 5.92 Å². The van der Waals surface area contributed by atoms with Crippen molar-refractivity contribution in [3.8, 4) is 23.0 Å². The van der Waals surface area contributed by atoms with Crippen molar-refractivity contribution in [2.75, 3.05) is 0 Å². The molecule has 1 aliphatic heterocycles. The fraction of sp³-hybridized carbons (Fsp3) is 0.320. The molecule has 0 aliphatic carbocycles. The molecule has 2 aromatic rings. The Morgan fingerprint density at radius 2 is 1.90 bits per heavy atom. The van der Waals surface area contributed by atoms with E-state index in [9.17, 15) is 20.1 Å². The molecule has 0 amide bonds. The third-order valence-electron chi connectivity index (χ3n) is 5.23. The van der Waals surface area contributed by atoms with Gasteiger partial charge in [-0.1, -0.05) is 42.9 Å². The van der Waals surface area contributed by atoms with E-state index in [2.05, 4.69) is 26.8 Å². The monoisotopic (exact) mass is 408 g/mol. The average Bonchev–Trinajstić information content (AvgIpc) is 2.67. The maximum Gasteiger partial charge on any atom is 0.174 e. The molecule has 2 aromatic carbocycles. The van der Waals surface area contributed by atoms with Gasteiger partial charge in [-0.15, -0.1) is 0 Å². The van der Waals surface area contributed by atoms with Crippen LogP contribution in [0.5, 0.6) is 23.0 Å². The van der Waals surface area contributed by atoms with Crippen molar-refractivity contribution in [3.63, 3.8) is 0 Å². The summed E-state index contributed by atoms with van der Waals surface area (Å²) in [6, 6.07) is 7.81. The SMILES string of the molecule is CC(C)=CCCC(C)C=Cc1c(O)cc2c(c1O)C(=O)CC(c1ccc(O)cc1)O2. The van der Waals surface area contributed by atoms with Gasteiger partial charge in [0.05, 0.1) is 12.0 Å². The second-order valence-corrected chi connectivity index (χ2v) is 8.05. The first-order valence-corrected chi connectivity index (χ1v) is 10.2. The van der Waals surface area contributed by atoms with Crippen molar-refractivity contribution in [2.45, 2.75) is 46.1 Å². The number of ketones is 1. The topological polar surface area (TPSA) is 87.0 Å². The number of phenols is 3. The van der Waals surface area contributed by atoms with Crippen LogP contribution in [0.25, 0.3) is 6.08 Å². The van der Waals surface area contributed by atoms with Crippen LogP contribution in [-0.4, -0.2) is 21.1 Å². The minimum Gasteiger partial charge on any atom is -0.508 e. The Morgan fingerprint density at radius 3 is 2.57 bits per heavy atom. The van der Waals surface area contributed by atoms with E-state index in [0.29, 0.717) is 0 Å². The molecule has 1 aliphatic rings. The van der Waals surface area contributed by atoms with Crippen molar-refractivity contribution >= 4 is 11.9 Å². The van der Waals surface area contributed by atoms with E-state index < -0.39 is 6.10 Å². The lowest BCUT2D eigenvalue weighted by molar-refractivity contribution is 0.0844. The zero-order valence-corrected chi connectivity index (χ0v) is 17.6. The van der Waals surface area contributed by atoms with Gasteiger partial charge in [-0.05, 0) is 50.3 Å². The fourth-order valence-corrected chi connectivity index (χ4v) is 3.51. The number of rotatable bonds is 6. The molecule has 0 spiro atoms. The van der Waals surface area contributed by atoms with Crippen LogP contribution in [0.4, 0.5) is 0 Å². The maximum atomic E-state index is 12.8. The van der Waals surface area contributed by atoms with Gasteiger partial charge in [-0.25, -0.2) is 0 Å². The van der Waals surface area contributed by atoms with Crippen molar-refractivity contribution in [1.29, 1.82) is 0 Å². The summed E-state index contributed by atoms with van der Waals surface area (Å²) < 4.78 is 5.89. The molecule has 1 heterocycles. The lowest BCUT2D eigenvalue weighted by atomic mass is 9.93. The predicted octanol–water partition coefficient (Wildman–Crippen LogP) is 5.91. The maximum absolute atomic E-state index is 12.8. The van der Waals surface area contributed by atoms with Crippen LogP contribution in [-0.2, 0) is 0 Å². The Hall–Kier alpha value is -3.21. The zero-order chi connectivity index (χ0) is 21.8. The van der Waals surface area contributed by atoms with Gasteiger partial charge >= 0.3 is 0 Å². The molecule has 3 rings (SSSR count). The summed E-state index contributed by atoms with van der Waals surface area (Å²) in [7, 11) is 0. The zero-order valence-electron chi connectivity index (χ0n) is 17.6. The van der Waals surface area contributed by atoms with Crippen molar-refractivity contribution < 1.29 is 24.9 Å². The third-order valence-corrected chi connectivity index (χ3v) is 5.23. The molecular weight excluding hydrogens is 380 g/mol. The van der Waals surface area contributed by atoms with Crippen molar-refractivity contribution in [3.05, 3.63) is 64.7 Å². The summed E-state index contributed by atoms with van der Waals surface area (Å²) in [5.41, 5.74) is 2.34. The summed E-state index contributed by atoms with van der Waals surface area (Å²) in [6.45, 7) is 6.20. The van der Waals surface area contributed by atoms with Gasteiger partial charge in [0.15, 0.2) is 5.78 Å². The number of fused-ring (bicyclic) bond motifs is 1. The highest BCUT2D eigenvalue weighted by Crippen LogP contribution is 2.45. The van der Waals surface area contributed by atoms with Crippen molar-refractivity contribution in [1.82, 2.24) is 0 Å². The van der Waals surface area contributed by atoms with Gasteiger partial charge in [0.2, 0.25) is 0 Å². The van der Waals surface area contributed by atoms with Gasteiger partial charge in [-0.2, -0.15) is 0 Å². The molecule has 0 saturated carbocycles. The molecule has 0 fully saturated rings. The first-order chi connectivity index (χ1) is 14.3. The lowest BCUT2D eigenvalue weighted by Gasteiger charge is -2.27. The smallest absolute Gasteiger partial charge is 0.174 e. The molecule has 5 nitrogen and oxygen atoms in total. The van der Waals surface area contributed by atoms with Gasteiger partial charge < -0.3 is 20.1 Å². The van der Waals surface area contributed by atoms with E-state index >= 15 is 0 Å². The second kappa shape index (κ2) is 9.08. The van der Waals surface area contributed by atoms with E-state index in [0.717, 1.165) is 18.4 Å². The number of hydrogen-bond donors (Lipinski definition) is 3. The molecule has 2 unspecified atom stereocenters. The molecule has 0 aromatic heterocycles. The Kier molecular flexibility index (Phi) is 6.50. The number of carbonyl (C=O) groups is 1. The van der Waals surface area contributed by atoms with E-state index in [1.807, 2.05) is 6.08 Å². The molecule has 2 atom stereocenters. The Morgan fingerprint density at radius 1 is 1.20 bits per heavy atom. The van der Waals surface area contributed by atoms with Gasteiger partial charge in [0, 0.05) is 6.07 Å². The summed E-state index contributed by atoms with van der Waals surface area (Å²) in [4.78, 5) is 12.8. The Balaban J connectivity index is 1.83. The van der Waals surface area contributed by atoms with Crippen LogP contribution in [0.15, 0.2) is 48.1 Å². The largest absolute Gasteiger partial charge is 0.508 e. The first-order valence-electron chi connectivity index (χ1n) is 10.2. The number of benzene rings is 2. The molecule has 0 radical (unpaired) electrons. The van der Waals surface area contributed by atoms with Crippen LogP contribution in [0.3, 0.4) is 0 Å². The fourth-order valence-electron chi connectivity index (χ4n) is 3.51. The average molecular weight is 408 g/mol. The first kappa shape index (κ1) is 21.5. The predicted molar refractivity (Wildman–Crippen MR) is 117 cm³/mol. The molecule has 0 bridgehead atoms. The van der Waals surface area contributed by atoms with Crippen LogP contribution in [0, 0.1) is 5.92 Å². The Bertz CT molecular complexity index is 982. The van der Waals surface area contributed by atoms with Crippen LogP contribution in [0.2, 0.25) is 0 Å². The highest BCUT2D eigenvalue weighted by molar-refractivity contribution is 6.04.